The molecule has 1 aromatic heterocycles. The summed E-state index contributed by atoms with van der Waals surface area (Å²) >= 11 is 1.43. The number of rotatable bonds is 3. The van der Waals surface area contributed by atoms with Crippen molar-refractivity contribution in [2.24, 2.45) is 5.73 Å². The van der Waals surface area contributed by atoms with Gasteiger partial charge in [0.25, 0.3) is 0 Å². The first-order chi connectivity index (χ1) is 7.57. The van der Waals surface area contributed by atoms with Gasteiger partial charge in [0.2, 0.25) is 10.0 Å². The van der Waals surface area contributed by atoms with Crippen molar-refractivity contribution in [3.05, 3.63) is 15.8 Å². The van der Waals surface area contributed by atoms with Gasteiger partial charge in [0.15, 0.2) is 0 Å². The molecule has 0 amide bonds. The zero-order valence-electron chi connectivity index (χ0n) is 9.27. The second-order valence-electron chi connectivity index (χ2n) is 3.99. The van der Waals surface area contributed by atoms with Gasteiger partial charge >= 0.3 is 0 Å². The Balaban J connectivity index is 2.45. The summed E-state index contributed by atoms with van der Waals surface area (Å²) in [6.45, 7) is 3.41. The number of sulfonamides is 1. The van der Waals surface area contributed by atoms with Gasteiger partial charge in [0.1, 0.15) is 4.90 Å². The van der Waals surface area contributed by atoms with Crippen LogP contribution in [-0.4, -0.2) is 25.8 Å². The number of hydrogen-bond donors (Lipinski definition) is 1. The molecule has 1 aromatic rings. The van der Waals surface area contributed by atoms with Gasteiger partial charge in [-0.1, -0.05) is 0 Å². The molecule has 2 rings (SSSR count). The van der Waals surface area contributed by atoms with E-state index in [4.69, 9.17) is 5.73 Å². The van der Waals surface area contributed by atoms with Crippen LogP contribution in [0.1, 0.15) is 23.3 Å². The highest BCUT2D eigenvalue weighted by Crippen LogP contribution is 2.30. The van der Waals surface area contributed by atoms with Gasteiger partial charge in [-0.2, -0.15) is 4.31 Å². The van der Waals surface area contributed by atoms with Crippen LogP contribution in [0.2, 0.25) is 0 Å². The van der Waals surface area contributed by atoms with Crippen molar-refractivity contribution < 1.29 is 8.42 Å². The minimum absolute atomic E-state index is 0.293. The summed E-state index contributed by atoms with van der Waals surface area (Å²) in [5.41, 5.74) is 6.40. The molecule has 0 spiro atoms. The first-order valence-electron chi connectivity index (χ1n) is 5.34. The normalized spacial score (nSPS) is 18.1. The number of thiophene rings is 1. The molecule has 1 saturated heterocycles. The Labute approximate surface area is 100 Å². The fraction of sp³-hybridized carbons (Fsp3) is 0.600. The van der Waals surface area contributed by atoms with Crippen molar-refractivity contribution in [1.82, 2.24) is 4.31 Å². The molecule has 0 saturated carbocycles. The molecule has 0 atom stereocenters. The van der Waals surface area contributed by atoms with Crippen molar-refractivity contribution in [2.75, 3.05) is 13.1 Å². The molecular weight excluding hydrogens is 244 g/mol. The Kier molecular flexibility index (Phi) is 3.34. The summed E-state index contributed by atoms with van der Waals surface area (Å²) in [7, 11) is -3.31. The van der Waals surface area contributed by atoms with Crippen LogP contribution in [0, 0.1) is 6.92 Å². The Morgan fingerprint density at radius 1 is 1.44 bits per heavy atom. The van der Waals surface area contributed by atoms with Crippen LogP contribution < -0.4 is 5.73 Å². The highest BCUT2D eigenvalue weighted by atomic mass is 32.2. The van der Waals surface area contributed by atoms with Crippen molar-refractivity contribution in [2.45, 2.75) is 31.2 Å². The minimum Gasteiger partial charge on any atom is -0.326 e. The Morgan fingerprint density at radius 3 is 2.62 bits per heavy atom. The van der Waals surface area contributed by atoms with Crippen LogP contribution in [0.3, 0.4) is 0 Å². The molecule has 1 fully saturated rings. The average molecular weight is 260 g/mol. The maximum Gasteiger partial charge on any atom is 0.244 e. The fourth-order valence-corrected chi connectivity index (χ4v) is 5.20. The standard InChI is InChI=1S/C10H16N2O2S2/c1-8-7-15-9(6-11)10(8)16(13,14)12-4-2-3-5-12/h7H,2-6,11H2,1H3. The second kappa shape index (κ2) is 4.44. The highest BCUT2D eigenvalue weighted by molar-refractivity contribution is 7.89. The van der Waals surface area contributed by atoms with Crippen LogP contribution >= 0.6 is 11.3 Å². The Hall–Kier alpha value is -0.430. The van der Waals surface area contributed by atoms with E-state index in [9.17, 15) is 8.42 Å². The van der Waals surface area contributed by atoms with E-state index in [0.29, 0.717) is 24.5 Å². The molecule has 16 heavy (non-hydrogen) atoms. The summed E-state index contributed by atoms with van der Waals surface area (Å²) in [5, 5.41) is 1.87. The van der Waals surface area contributed by atoms with Gasteiger partial charge in [0, 0.05) is 24.5 Å². The molecule has 1 aliphatic heterocycles. The Morgan fingerprint density at radius 2 is 2.06 bits per heavy atom. The topological polar surface area (TPSA) is 63.4 Å². The van der Waals surface area contributed by atoms with E-state index in [0.717, 1.165) is 23.3 Å². The quantitative estimate of drug-likeness (QED) is 0.891. The fourth-order valence-electron chi connectivity index (χ4n) is 2.03. The summed E-state index contributed by atoms with van der Waals surface area (Å²) < 4.78 is 26.3. The van der Waals surface area contributed by atoms with Crippen molar-refractivity contribution in [1.29, 1.82) is 0 Å². The first kappa shape index (κ1) is 12.0. The third-order valence-corrected chi connectivity index (χ3v) is 6.22. The van der Waals surface area contributed by atoms with Gasteiger partial charge in [0.05, 0.1) is 0 Å². The van der Waals surface area contributed by atoms with Gasteiger partial charge in [-0.3, -0.25) is 0 Å². The second-order valence-corrected chi connectivity index (χ2v) is 6.83. The van der Waals surface area contributed by atoms with Crippen LogP contribution in [-0.2, 0) is 16.6 Å². The van der Waals surface area contributed by atoms with E-state index in [-0.39, 0.29) is 0 Å². The molecule has 0 unspecified atom stereocenters. The summed E-state index contributed by atoms with van der Waals surface area (Å²) in [4.78, 5) is 1.21. The third-order valence-electron chi connectivity index (χ3n) is 2.84. The Bertz CT molecular complexity index is 473. The molecule has 90 valence electrons. The van der Waals surface area contributed by atoms with Crippen molar-refractivity contribution in [3.63, 3.8) is 0 Å². The van der Waals surface area contributed by atoms with Crippen LogP contribution in [0.4, 0.5) is 0 Å². The van der Waals surface area contributed by atoms with Crippen LogP contribution in [0.25, 0.3) is 0 Å². The van der Waals surface area contributed by atoms with Gasteiger partial charge in [-0.05, 0) is 30.7 Å². The molecule has 0 bridgehead atoms. The molecule has 0 aromatic carbocycles. The van der Waals surface area contributed by atoms with Crippen LogP contribution in [0.5, 0.6) is 0 Å². The third kappa shape index (κ3) is 1.90. The lowest BCUT2D eigenvalue weighted by Crippen LogP contribution is -2.29. The lowest BCUT2D eigenvalue weighted by Gasteiger charge is -2.16. The number of nitrogens with zero attached hydrogens (tertiary/aromatic N) is 1. The monoisotopic (exact) mass is 260 g/mol. The van der Waals surface area contributed by atoms with E-state index in [1.165, 1.54) is 11.3 Å². The summed E-state index contributed by atoms with van der Waals surface area (Å²) in [5.74, 6) is 0. The SMILES string of the molecule is Cc1csc(CN)c1S(=O)(=O)N1CCCC1. The molecule has 0 aliphatic carbocycles. The minimum atomic E-state index is -3.31. The molecule has 2 heterocycles. The molecular formula is C10H16N2O2S2. The predicted molar refractivity (Wildman–Crippen MR) is 64.9 cm³/mol. The highest BCUT2D eigenvalue weighted by Gasteiger charge is 2.31. The largest absolute Gasteiger partial charge is 0.326 e. The van der Waals surface area contributed by atoms with E-state index >= 15 is 0 Å². The molecule has 4 nitrogen and oxygen atoms in total. The van der Waals surface area contributed by atoms with Crippen LogP contribution in [0.15, 0.2) is 10.3 Å². The zero-order chi connectivity index (χ0) is 11.8. The average Bonchev–Trinajstić information content (AvgIpc) is 2.85. The smallest absolute Gasteiger partial charge is 0.244 e. The van der Waals surface area contributed by atoms with Gasteiger partial charge < -0.3 is 5.73 Å². The van der Waals surface area contributed by atoms with Crippen molar-refractivity contribution in [3.8, 4) is 0 Å². The summed E-state index contributed by atoms with van der Waals surface area (Å²) in [6.07, 6.45) is 1.92. The van der Waals surface area contributed by atoms with E-state index in [2.05, 4.69) is 0 Å². The number of hydrogen-bond acceptors (Lipinski definition) is 4. The summed E-state index contributed by atoms with van der Waals surface area (Å²) in [6, 6.07) is 0. The predicted octanol–water partition coefficient (Wildman–Crippen LogP) is 1.30. The zero-order valence-corrected chi connectivity index (χ0v) is 10.9. The van der Waals surface area contributed by atoms with Gasteiger partial charge in [-0.15, -0.1) is 11.3 Å². The maximum atomic E-state index is 12.4. The molecule has 0 radical (unpaired) electrons. The lowest BCUT2D eigenvalue weighted by atomic mass is 10.3. The molecule has 1 aliphatic rings. The number of nitrogens with two attached hydrogens (primary N) is 1. The number of aryl methyl sites for hydroxylation is 1. The van der Waals surface area contributed by atoms with Crippen molar-refractivity contribution >= 4 is 21.4 Å². The van der Waals surface area contributed by atoms with E-state index in [1.807, 2.05) is 12.3 Å². The van der Waals surface area contributed by atoms with Gasteiger partial charge in [-0.25, -0.2) is 8.42 Å². The molecule has 2 N–H and O–H groups in total. The van der Waals surface area contributed by atoms with E-state index in [1.54, 1.807) is 4.31 Å². The van der Waals surface area contributed by atoms with E-state index < -0.39 is 10.0 Å². The molecule has 6 heteroatoms. The first-order valence-corrected chi connectivity index (χ1v) is 7.66. The lowest BCUT2D eigenvalue weighted by molar-refractivity contribution is 0.476. The maximum absolute atomic E-state index is 12.4.